The molecule has 0 radical (unpaired) electrons. The second-order valence-corrected chi connectivity index (χ2v) is 10.4. The van der Waals surface area contributed by atoms with Crippen LogP contribution in [-0.2, 0) is 24.3 Å². The van der Waals surface area contributed by atoms with E-state index >= 15 is 0 Å². The first-order valence-electron chi connectivity index (χ1n) is 9.09. The van der Waals surface area contributed by atoms with E-state index in [4.69, 9.17) is 4.74 Å². The molecule has 0 unspecified atom stereocenters. The summed E-state index contributed by atoms with van der Waals surface area (Å²) in [6.07, 6.45) is 0.522. The number of nitrogens with zero attached hydrogens (tertiary/aromatic N) is 2. The molecule has 3 rings (SSSR count). The van der Waals surface area contributed by atoms with Crippen molar-refractivity contribution in [3.8, 4) is 0 Å². The van der Waals surface area contributed by atoms with Gasteiger partial charge in [0.2, 0.25) is 0 Å². The van der Waals surface area contributed by atoms with Crippen molar-refractivity contribution in [3.63, 3.8) is 0 Å². The molecule has 1 spiro atoms. The van der Waals surface area contributed by atoms with Gasteiger partial charge in [-0.05, 0) is 32.5 Å². The van der Waals surface area contributed by atoms with Crippen LogP contribution in [0, 0.1) is 0 Å². The molecule has 1 N–H and O–H groups in total. The highest BCUT2D eigenvalue weighted by Crippen LogP contribution is 2.42. The van der Waals surface area contributed by atoms with E-state index in [0.29, 0.717) is 28.4 Å². The minimum atomic E-state index is -3.56. The summed E-state index contributed by atoms with van der Waals surface area (Å²) in [4.78, 5) is 26.9. The smallest absolute Gasteiger partial charge is 0.335 e. The number of thiophene rings is 1. The van der Waals surface area contributed by atoms with Crippen molar-refractivity contribution in [2.75, 3.05) is 40.3 Å². The topological polar surface area (TPSA) is 96.0 Å². The number of ether oxygens (including phenoxy) is 1. The molecule has 2 aliphatic rings. The van der Waals surface area contributed by atoms with Crippen molar-refractivity contribution in [1.29, 1.82) is 0 Å². The van der Waals surface area contributed by atoms with Crippen molar-refractivity contribution in [2.45, 2.75) is 29.6 Å². The molecule has 10 heteroatoms. The normalized spacial score (nSPS) is 20.1. The number of sulfonamides is 1. The van der Waals surface area contributed by atoms with Gasteiger partial charge >= 0.3 is 5.97 Å². The Morgan fingerprint density at radius 2 is 2.04 bits per heavy atom. The Kier molecular flexibility index (Phi) is 5.95. The lowest BCUT2D eigenvalue weighted by atomic mass is 9.83. The predicted molar refractivity (Wildman–Crippen MR) is 105 cm³/mol. The molecular formula is C18H25N3O5S2. The van der Waals surface area contributed by atoms with Gasteiger partial charge in [-0.15, -0.1) is 11.3 Å². The van der Waals surface area contributed by atoms with E-state index in [1.54, 1.807) is 24.4 Å². The molecule has 1 saturated heterocycles. The Labute approximate surface area is 169 Å². The summed E-state index contributed by atoms with van der Waals surface area (Å²) in [6.45, 7) is 3.09. The summed E-state index contributed by atoms with van der Waals surface area (Å²) in [6, 6.07) is 3.28. The minimum Gasteiger partial charge on any atom is -0.450 e. The van der Waals surface area contributed by atoms with Crippen LogP contribution in [0.5, 0.6) is 0 Å². The highest BCUT2D eigenvalue weighted by Gasteiger charge is 2.52. The van der Waals surface area contributed by atoms with E-state index in [2.05, 4.69) is 5.32 Å². The third-order valence-electron chi connectivity index (χ3n) is 5.12. The van der Waals surface area contributed by atoms with Crippen LogP contribution < -0.4 is 5.32 Å². The zero-order valence-corrected chi connectivity index (χ0v) is 17.9. The number of esters is 1. The van der Waals surface area contributed by atoms with Gasteiger partial charge in [0.25, 0.3) is 15.9 Å². The number of hydrogen-bond donors (Lipinski definition) is 1. The number of likely N-dealkylation sites (N-methyl/N-ethyl adjacent to an activating group) is 1. The molecular weight excluding hydrogens is 402 g/mol. The molecule has 1 aromatic rings. The molecule has 0 atom stereocenters. The molecule has 2 aliphatic heterocycles. The van der Waals surface area contributed by atoms with Crippen LogP contribution in [0.1, 0.15) is 19.8 Å². The summed E-state index contributed by atoms with van der Waals surface area (Å²) in [5.74, 6) is -0.827. The fourth-order valence-electron chi connectivity index (χ4n) is 3.58. The Hall–Kier alpha value is -1.75. The van der Waals surface area contributed by atoms with Crippen LogP contribution in [-0.4, -0.2) is 75.4 Å². The molecule has 154 valence electrons. The van der Waals surface area contributed by atoms with Crippen molar-refractivity contribution in [2.24, 2.45) is 0 Å². The van der Waals surface area contributed by atoms with Gasteiger partial charge in [-0.1, -0.05) is 6.07 Å². The van der Waals surface area contributed by atoms with Crippen LogP contribution >= 0.6 is 11.3 Å². The maximum absolute atomic E-state index is 12.8. The van der Waals surface area contributed by atoms with E-state index in [0.717, 1.165) is 0 Å². The molecule has 0 saturated carbocycles. The Bertz CT molecular complexity index is 882. The second kappa shape index (κ2) is 7.94. The van der Waals surface area contributed by atoms with E-state index in [-0.39, 0.29) is 31.8 Å². The Morgan fingerprint density at radius 3 is 2.61 bits per heavy atom. The molecule has 1 aromatic heterocycles. The van der Waals surface area contributed by atoms with E-state index in [1.807, 2.05) is 19.0 Å². The van der Waals surface area contributed by atoms with Crippen molar-refractivity contribution < 1.29 is 22.7 Å². The highest BCUT2D eigenvalue weighted by molar-refractivity contribution is 7.91. The standard InChI is InChI=1S/C18H25N3O5S2/c1-13-15(16(22)19-8-11-20(2)3)18(26-17(13)23)6-9-21(10-7-18)28(24,25)14-5-4-12-27-14/h4-5,12H,6-11H2,1-3H3,(H,19,22). The zero-order chi connectivity index (χ0) is 20.5. The number of carbonyl (C=O) groups excluding carboxylic acids is 2. The van der Waals surface area contributed by atoms with Gasteiger partial charge in [0.05, 0.1) is 5.57 Å². The molecule has 0 aliphatic carbocycles. The van der Waals surface area contributed by atoms with Crippen LogP contribution in [0.3, 0.4) is 0 Å². The van der Waals surface area contributed by atoms with Crippen LogP contribution in [0.15, 0.2) is 32.9 Å². The third kappa shape index (κ3) is 3.86. The average molecular weight is 428 g/mol. The summed E-state index contributed by atoms with van der Waals surface area (Å²) in [7, 11) is 0.250. The largest absolute Gasteiger partial charge is 0.450 e. The number of amides is 1. The first kappa shape index (κ1) is 21.0. The van der Waals surface area contributed by atoms with Gasteiger partial charge in [0.1, 0.15) is 9.81 Å². The predicted octanol–water partition coefficient (Wildman–Crippen LogP) is 0.823. The van der Waals surface area contributed by atoms with E-state index in [1.165, 1.54) is 15.6 Å². The molecule has 3 heterocycles. The van der Waals surface area contributed by atoms with Crippen molar-refractivity contribution in [3.05, 3.63) is 28.7 Å². The zero-order valence-electron chi connectivity index (χ0n) is 16.2. The average Bonchev–Trinajstić information content (AvgIpc) is 3.24. The second-order valence-electron chi connectivity index (χ2n) is 7.28. The lowest BCUT2D eigenvalue weighted by molar-refractivity contribution is -0.150. The summed E-state index contributed by atoms with van der Waals surface area (Å²) in [5, 5.41) is 4.56. The fraction of sp³-hybridized carbons (Fsp3) is 0.556. The highest BCUT2D eigenvalue weighted by atomic mass is 32.2. The van der Waals surface area contributed by atoms with Gasteiger partial charge in [0, 0.05) is 44.6 Å². The molecule has 8 nitrogen and oxygen atoms in total. The maximum atomic E-state index is 12.8. The van der Waals surface area contributed by atoms with Gasteiger partial charge in [0.15, 0.2) is 0 Å². The molecule has 1 fully saturated rings. The van der Waals surface area contributed by atoms with Gasteiger partial charge in [-0.25, -0.2) is 13.2 Å². The lowest BCUT2D eigenvalue weighted by Gasteiger charge is -2.38. The van der Waals surface area contributed by atoms with E-state index < -0.39 is 21.6 Å². The van der Waals surface area contributed by atoms with Gasteiger partial charge < -0.3 is 15.0 Å². The first-order chi connectivity index (χ1) is 13.2. The summed E-state index contributed by atoms with van der Waals surface area (Å²) in [5.41, 5.74) is -0.411. The Balaban J connectivity index is 1.75. The van der Waals surface area contributed by atoms with Gasteiger partial charge in [-0.2, -0.15) is 4.31 Å². The van der Waals surface area contributed by atoms with Crippen molar-refractivity contribution in [1.82, 2.24) is 14.5 Å². The summed E-state index contributed by atoms with van der Waals surface area (Å²) < 4.78 is 32.8. The fourth-order valence-corrected chi connectivity index (χ4v) is 6.17. The molecule has 0 bridgehead atoms. The van der Waals surface area contributed by atoms with Crippen molar-refractivity contribution >= 4 is 33.2 Å². The number of hydrogen-bond acceptors (Lipinski definition) is 7. The van der Waals surface area contributed by atoms with E-state index in [9.17, 15) is 18.0 Å². The van der Waals surface area contributed by atoms with Crippen LogP contribution in [0.4, 0.5) is 0 Å². The maximum Gasteiger partial charge on any atom is 0.335 e. The SMILES string of the molecule is CC1=C(C(=O)NCCN(C)C)C2(CCN(S(=O)(=O)c3cccs3)CC2)OC1=O. The lowest BCUT2D eigenvalue weighted by Crippen LogP contribution is -2.50. The van der Waals surface area contributed by atoms with Crippen LogP contribution in [0.2, 0.25) is 0 Å². The quantitative estimate of drug-likeness (QED) is 0.676. The first-order valence-corrected chi connectivity index (χ1v) is 11.4. The Morgan fingerprint density at radius 1 is 1.36 bits per heavy atom. The minimum absolute atomic E-state index is 0.190. The number of piperidine rings is 1. The monoisotopic (exact) mass is 427 g/mol. The number of carbonyl (C=O) groups is 2. The van der Waals surface area contributed by atoms with Gasteiger partial charge in [-0.3, -0.25) is 4.79 Å². The number of rotatable bonds is 6. The number of nitrogens with one attached hydrogen (secondary N) is 1. The molecule has 0 aromatic carbocycles. The molecule has 28 heavy (non-hydrogen) atoms. The third-order valence-corrected chi connectivity index (χ3v) is 8.39. The molecule has 1 amide bonds. The van der Waals surface area contributed by atoms with Crippen LogP contribution in [0.25, 0.3) is 0 Å². The summed E-state index contributed by atoms with van der Waals surface area (Å²) >= 11 is 1.17.